The van der Waals surface area contributed by atoms with E-state index in [4.69, 9.17) is 9.31 Å². The number of rotatable bonds is 7. The van der Waals surface area contributed by atoms with Crippen molar-refractivity contribution in [2.45, 2.75) is 38.9 Å². The highest BCUT2D eigenvalue weighted by atomic mass is 16.7. The van der Waals surface area contributed by atoms with E-state index < -0.39 is 18.3 Å². The Morgan fingerprint density at radius 3 is 1.62 bits per heavy atom. The Morgan fingerprint density at radius 1 is 0.434 bits per heavy atom. The van der Waals surface area contributed by atoms with Gasteiger partial charge in [-0.1, -0.05) is 115 Å². The molecule has 53 heavy (non-hydrogen) atoms. The fraction of sp³-hybridized carbons (Fsp3) is 0.125. The molecule has 0 saturated carbocycles. The zero-order valence-electron chi connectivity index (χ0n) is 30.5. The van der Waals surface area contributed by atoms with Crippen molar-refractivity contribution < 1.29 is 9.31 Å². The first kappa shape index (κ1) is 33.0. The summed E-state index contributed by atoms with van der Waals surface area (Å²) >= 11 is 0. The number of anilines is 3. The second-order valence-electron chi connectivity index (χ2n) is 14.9. The number of hydrogen-bond acceptors (Lipinski definition) is 3. The second-order valence-corrected chi connectivity index (χ2v) is 14.9. The first-order valence-electron chi connectivity index (χ1n) is 18.4. The molecule has 1 aromatic heterocycles. The molecule has 0 N–H and O–H groups in total. The molecule has 0 radical (unpaired) electrons. The average Bonchev–Trinajstić information content (AvgIpc) is 3.64. The van der Waals surface area contributed by atoms with Crippen molar-refractivity contribution >= 4 is 51.4 Å². The summed E-state index contributed by atoms with van der Waals surface area (Å²) in [5.41, 5.74) is 11.3. The van der Waals surface area contributed by atoms with Gasteiger partial charge in [0.05, 0.1) is 22.2 Å². The minimum atomic E-state index is -0.518. The number of para-hydroxylation sites is 2. The molecule has 1 saturated heterocycles. The molecule has 0 bridgehead atoms. The number of hydrogen-bond donors (Lipinski definition) is 0. The van der Waals surface area contributed by atoms with Crippen molar-refractivity contribution in [3.05, 3.63) is 176 Å². The third kappa shape index (κ3) is 5.92. The molecule has 0 unspecified atom stereocenters. The third-order valence-corrected chi connectivity index (χ3v) is 11.0. The maximum absolute atomic E-state index is 6.66. The summed E-state index contributed by atoms with van der Waals surface area (Å²) in [6.07, 6.45) is 0. The van der Waals surface area contributed by atoms with Gasteiger partial charge in [0.25, 0.3) is 0 Å². The molecule has 9 rings (SSSR count). The molecule has 4 nitrogen and oxygen atoms in total. The molecule has 0 amide bonds. The van der Waals surface area contributed by atoms with Crippen molar-refractivity contribution in [1.82, 2.24) is 4.57 Å². The lowest BCUT2D eigenvalue weighted by Crippen LogP contribution is -2.41. The van der Waals surface area contributed by atoms with Crippen LogP contribution < -0.4 is 10.4 Å². The van der Waals surface area contributed by atoms with Gasteiger partial charge >= 0.3 is 7.12 Å². The molecular formula is C48H41BN2O2. The fourth-order valence-corrected chi connectivity index (χ4v) is 7.51. The Kier molecular flexibility index (Phi) is 8.07. The van der Waals surface area contributed by atoms with E-state index in [-0.39, 0.29) is 0 Å². The van der Waals surface area contributed by atoms with Gasteiger partial charge in [0.2, 0.25) is 0 Å². The van der Waals surface area contributed by atoms with Crippen molar-refractivity contribution in [2.75, 3.05) is 4.90 Å². The van der Waals surface area contributed by atoms with Gasteiger partial charge in [-0.15, -0.1) is 0 Å². The highest BCUT2D eigenvalue weighted by Crippen LogP contribution is 2.42. The molecular weight excluding hydrogens is 647 g/mol. The number of aromatic nitrogens is 1. The van der Waals surface area contributed by atoms with E-state index in [9.17, 15) is 0 Å². The van der Waals surface area contributed by atoms with Gasteiger partial charge in [0, 0.05) is 33.5 Å². The Bertz CT molecular complexity index is 2550. The number of nitrogens with zero attached hydrogens (tertiary/aromatic N) is 2. The van der Waals surface area contributed by atoms with Crippen molar-refractivity contribution in [3.63, 3.8) is 0 Å². The van der Waals surface area contributed by atoms with E-state index in [0.29, 0.717) is 0 Å². The smallest absolute Gasteiger partial charge is 0.399 e. The summed E-state index contributed by atoms with van der Waals surface area (Å²) in [5, 5.41) is 2.40. The Hall–Kier alpha value is -5.88. The van der Waals surface area contributed by atoms with E-state index in [1.807, 2.05) is 0 Å². The van der Waals surface area contributed by atoms with Crippen LogP contribution in [0.1, 0.15) is 27.7 Å². The maximum atomic E-state index is 6.66. The maximum Gasteiger partial charge on any atom is 0.494 e. The van der Waals surface area contributed by atoms with Crippen molar-refractivity contribution in [2.24, 2.45) is 0 Å². The highest BCUT2D eigenvalue weighted by Gasteiger charge is 2.52. The predicted octanol–water partition coefficient (Wildman–Crippen LogP) is 11.9. The lowest BCUT2D eigenvalue weighted by molar-refractivity contribution is 0.00578. The van der Waals surface area contributed by atoms with E-state index in [2.05, 4.69) is 213 Å². The van der Waals surface area contributed by atoms with E-state index in [1.54, 1.807) is 0 Å². The highest BCUT2D eigenvalue weighted by molar-refractivity contribution is 6.62. The van der Waals surface area contributed by atoms with E-state index in [1.165, 1.54) is 27.4 Å². The van der Waals surface area contributed by atoms with Gasteiger partial charge in [-0.25, -0.2) is 0 Å². The van der Waals surface area contributed by atoms with Crippen LogP contribution in [0.3, 0.4) is 0 Å². The van der Waals surface area contributed by atoms with E-state index >= 15 is 0 Å². The lowest BCUT2D eigenvalue weighted by atomic mass is 9.77. The summed E-state index contributed by atoms with van der Waals surface area (Å²) < 4.78 is 15.7. The van der Waals surface area contributed by atoms with Gasteiger partial charge in [0.15, 0.2) is 0 Å². The minimum absolute atomic E-state index is 0.467. The normalized spacial score (nSPS) is 14.9. The molecule has 0 aliphatic carbocycles. The van der Waals surface area contributed by atoms with Crippen LogP contribution in [-0.2, 0) is 9.31 Å². The molecule has 0 atom stereocenters. The Balaban J connectivity index is 1.26. The predicted molar refractivity (Wildman–Crippen MR) is 222 cm³/mol. The molecule has 258 valence electrons. The van der Waals surface area contributed by atoms with Crippen molar-refractivity contribution in [3.8, 4) is 27.9 Å². The quantitative estimate of drug-likeness (QED) is 0.156. The van der Waals surface area contributed by atoms with Gasteiger partial charge in [0.1, 0.15) is 0 Å². The summed E-state index contributed by atoms with van der Waals surface area (Å²) in [6, 6.07) is 62.9. The average molecular weight is 689 g/mol. The van der Waals surface area contributed by atoms with Crippen LogP contribution in [-0.4, -0.2) is 22.9 Å². The van der Waals surface area contributed by atoms with E-state index in [0.717, 1.165) is 44.9 Å². The number of fused-ring (bicyclic) bond motifs is 3. The van der Waals surface area contributed by atoms with Crippen LogP contribution in [0.15, 0.2) is 176 Å². The van der Waals surface area contributed by atoms with Crippen LogP contribution >= 0.6 is 0 Å². The fourth-order valence-electron chi connectivity index (χ4n) is 7.51. The molecule has 7 aromatic carbocycles. The Morgan fingerprint density at radius 2 is 0.962 bits per heavy atom. The molecule has 1 fully saturated rings. The number of benzene rings is 7. The molecule has 0 spiro atoms. The lowest BCUT2D eigenvalue weighted by Gasteiger charge is -2.32. The first-order valence-corrected chi connectivity index (χ1v) is 18.4. The van der Waals surface area contributed by atoms with Gasteiger partial charge in [-0.05, 0) is 116 Å². The zero-order valence-corrected chi connectivity index (χ0v) is 30.5. The SMILES string of the molecule is CC1(C)OB(c2cc(-c3ccccc3)cc(N(c3ccc(-c4ccccc4)cc3)c3ccc4c(c3)c3ccccc3n4-c3ccccc3)c2)OC1(C)C. The van der Waals surface area contributed by atoms with Crippen LogP contribution in [0.4, 0.5) is 17.1 Å². The second kappa shape index (κ2) is 13.0. The molecule has 1 aliphatic rings. The minimum Gasteiger partial charge on any atom is -0.399 e. The van der Waals surface area contributed by atoms with Crippen LogP contribution in [0, 0.1) is 0 Å². The molecule has 1 aliphatic heterocycles. The molecule has 8 aromatic rings. The summed E-state index contributed by atoms with van der Waals surface area (Å²) in [7, 11) is -0.518. The summed E-state index contributed by atoms with van der Waals surface area (Å²) in [5.74, 6) is 0. The van der Waals surface area contributed by atoms with Gasteiger partial charge in [-0.3, -0.25) is 0 Å². The standard InChI is InChI=1S/C48H41BN2O2/c1-47(2)48(3,4)53-49(52-47)38-30-37(35-18-10-6-11-19-35)31-42(32-38)50(40-26-24-36(25-27-40)34-16-8-5-9-17-34)41-28-29-46-44(33-41)43-22-14-15-23-45(43)51(46)39-20-12-7-13-21-39/h5-33H,1-4H3. The Labute approximate surface area is 312 Å². The van der Waals surface area contributed by atoms with Gasteiger partial charge < -0.3 is 18.8 Å². The van der Waals surface area contributed by atoms with Crippen LogP contribution in [0.2, 0.25) is 0 Å². The van der Waals surface area contributed by atoms with Crippen molar-refractivity contribution in [1.29, 1.82) is 0 Å². The molecule has 5 heteroatoms. The third-order valence-electron chi connectivity index (χ3n) is 11.0. The van der Waals surface area contributed by atoms with Gasteiger partial charge in [-0.2, -0.15) is 0 Å². The zero-order chi connectivity index (χ0) is 36.2. The summed E-state index contributed by atoms with van der Waals surface area (Å²) in [4.78, 5) is 2.37. The first-order chi connectivity index (χ1) is 25.8. The van der Waals surface area contributed by atoms with Crippen LogP contribution in [0.25, 0.3) is 49.7 Å². The molecule has 2 heterocycles. The van der Waals surface area contributed by atoms with Crippen LogP contribution in [0.5, 0.6) is 0 Å². The summed E-state index contributed by atoms with van der Waals surface area (Å²) in [6.45, 7) is 8.43. The largest absolute Gasteiger partial charge is 0.494 e. The monoisotopic (exact) mass is 688 g/mol. The topological polar surface area (TPSA) is 26.6 Å².